The van der Waals surface area contributed by atoms with Gasteiger partial charge in [-0.3, -0.25) is 14.4 Å². The molecule has 3 aliphatic heterocycles. The van der Waals surface area contributed by atoms with E-state index in [9.17, 15) is 14.4 Å². The monoisotopic (exact) mass is 429 g/mol. The minimum atomic E-state index is -0.629. The number of hydrogen-bond acceptors (Lipinski definition) is 5. The van der Waals surface area contributed by atoms with E-state index in [0.29, 0.717) is 69.8 Å². The van der Waals surface area contributed by atoms with Gasteiger partial charge in [-0.25, -0.2) is 0 Å². The van der Waals surface area contributed by atoms with Crippen LogP contribution in [0.3, 0.4) is 0 Å². The average molecular weight is 430 g/mol. The molecule has 1 aromatic rings. The van der Waals surface area contributed by atoms with Gasteiger partial charge in [0.1, 0.15) is 17.4 Å². The van der Waals surface area contributed by atoms with Crippen LogP contribution in [0.1, 0.15) is 49.4 Å². The minimum absolute atomic E-state index is 0.190. The van der Waals surface area contributed by atoms with Crippen LogP contribution in [0.2, 0.25) is 0 Å². The van der Waals surface area contributed by atoms with Gasteiger partial charge >= 0.3 is 0 Å². The molecule has 1 atom stereocenters. The second-order valence-electron chi connectivity index (χ2n) is 8.63. The van der Waals surface area contributed by atoms with E-state index < -0.39 is 11.6 Å². The minimum Gasteiger partial charge on any atom is -0.484 e. The van der Waals surface area contributed by atoms with E-state index in [1.807, 2.05) is 23.1 Å². The van der Waals surface area contributed by atoms with E-state index in [1.54, 1.807) is 17.9 Å². The smallest absolute Gasteiger partial charge is 0.258 e. The lowest BCUT2D eigenvalue weighted by atomic mass is 9.93. The van der Waals surface area contributed by atoms with Gasteiger partial charge in [0.15, 0.2) is 0 Å². The molecule has 1 unspecified atom stereocenters. The quantitative estimate of drug-likeness (QED) is 0.694. The fourth-order valence-corrected chi connectivity index (χ4v) is 4.56. The average Bonchev–Trinajstić information content (AvgIpc) is 3.14. The first-order valence-electron chi connectivity index (χ1n) is 11.2. The molecule has 0 aliphatic carbocycles. The standard InChI is InChI=1S/C23H31N3O5/c1-17(21(28)24-11-5-13-25-12-4-8-20(25)27)26-16-23(9-14-30-15-10-23)31-19-7-3-2-6-18(19)22(26)29/h2-3,6-7,17H,4-5,8-16H2,1H3,(H,24,28). The Bertz CT molecular complexity index is 836. The van der Waals surface area contributed by atoms with Gasteiger partial charge in [-0.1, -0.05) is 12.1 Å². The molecule has 8 heteroatoms. The molecule has 0 radical (unpaired) electrons. The number of amides is 3. The van der Waals surface area contributed by atoms with Gasteiger partial charge in [0.05, 0.1) is 25.3 Å². The third-order valence-corrected chi connectivity index (χ3v) is 6.49. The predicted molar refractivity (Wildman–Crippen MR) is 114 cm³/mol. The maximum Gasteiger partial charge on any atom is 0.258 e. The van der Waals surface area contributed by atoms with Crippen LogP contribution in [0.25, 0.3) is 0 Å². The fourth-order valence-electron chi connectivity index (χ4n) is 4.56. The van der Waals surface area contributed by atoms with Crippen LogP contribution in [-0.4, -0.2) is 78.6 Å². The molecule has 3 aliphatic rings. The number of hydrogen-bond donors (Lipinski definition) is 1. The Morgan fingerprint density at radius 2 is 2.00 bits per heavy atom. The Hall–Kier alpha value is -2.61. The molecule has 3 heterocycles. The molecule has 1 spiro atoms. The van der Waals surface area contributed by atoms with Crippen molar-refractivity contribution in [1.29, 1.82) is 0 Å². The van der Waals surface area contributed by atoms with E-state index in [2.05, 4.69) is 5.32 Å². The number of fused-ring (bicyclic) bond motifs is 1. The van der Waals surface area contributed by atoms with Crippen molar-refractivity contribution >= 4 is 17.7 Å². The number of rotatable bonds is 6. The third kappa shape index (κ3) is 4.69. The van der Waals surface area contributed by atoms with E-state index >= 15 is 0 Å². The summed E-state index contributed by atoms with van der Waals surface area (Å²) >= 11 is 0. The Labute approximate surface area is 182 Å². The molecule has 168 valence electrons. The van der Waals surface area contributed by atoms with Crippen LogP contribution in [0.4, 0.5) is 0 Å². The summed E-state index contributed by atoms with van der Waals surface area (Å²) in [6, 6.07) is 6.61. The first-order chi connectivity index (χ1) is 15.0. The largest absolute Gasteiger partial charge is 0.484 e. The first-order valence-corrected chi connectivity index (χ1v) is 11.2. The Morgan fingerprint density at radius 1 is 1.23 bits per heavy atom. The van der Waals surface area contributed by atoms with Gasteiger partial charge < -0.3 is 24.6 Å². The van der Waals surface area contributed by atoms with E-state index in [4.69, 9.17) is 9.47 Å². The molecule has 0 saturated carbocycles. The van der Waals surface area contributed by atoms with Crippen LogP contribution >= 0.6 is 0 Å². The Morgan fingerprint density at radius 3 is 2.74 bits per heavy atom. The molecule has 2 saturated heterocycles. The summed E-state index contributed by atoms with van der Waals surface area (Å²) in [5.74, 6) is 0.377. The Balaban J connectivity index is 1.42. The van der Waals surface area contributed by atoms with Crippen molar-refractivity contribution in [2.45, 2.75) is 50.7 Å². The molecule has 2 fully saturated rings. The van der Waals surface area contributed by atoms with E-state index in [0.717, 1.165) is 13.0 Å². The van der Waals surface area contributed by atoms with Gasteiger partial charge in [-0.05, 0) is 31.9 Å². The Kier molecular flexibility index (Phi) is 6.46. The van der Waals surface area contributed by atoms with Crippen LogP contribution in [0, 0.1) is 0 Å². The molecule has 1 aromatic carbocycles. The predicted octanol–water partition coefficient (Wildman–Crippen LogP) is 1.59. The number of ether oxygens (including phenoxy) is 2. The number of benzene rings is 1. The SMILES string of the molecule is CC(C(=O)NCCCN1CCCC1=O)N1CC2(CCOCC2)Oc2ccccc2C1=O. The number of carbonyl (C=O) groups is 3. The summed E-state index contributed by atoms with van der Waals surface area (Å²) in [6.45, 7) is 5.18. The molecule has 4 rings (SSSR count). The summed E-state index contributed by atoms with van der Waals surface area (Å²) in [5.41, 5.74) is -0.0661. The lowest BCUT2D eigenvalue weighted by Crippen LogP contribution is -2.56. The molecule has 31 heavy (non-hydrogen) atoms. The van der Waals surface area contributed by atoms with Gasteiger partial charge in [0.2, 0.25) is 11.8 Å². The van der Waals surface area contributed by atoms with Crippen molar-refractivity contribution in [3.63, 3.8) is 0 Å². The normalized spacial score (nSPS) is 21.5. The van der Waals surface area contributed by atoms with Gasteiger partial charge in [0, 0.05) is 38.9 Å². The third-order valence-electron chi connectivity index (χ3n) is 6.49. The van der Waals surface area contributed by atoms with E-state index in [1.165, 1.54) is 0 Å². The zero-order valence-electron chi connectivity index (χ0n) is 18.1. The molecule has 0 bridgehead atoms. The molecule has 0 aromatic heterocycles. The maximum absolute atomic E-state index is 13.3. The van der Waals surface area contributed by atoms with Crippen LogP contribution < -0.4 is 10.1 Å². The second-order valence-corrected chi connectivity index (χ2v) is 8.63. The highest BCUT2D eigenvalue weighted by atomic mass is 16.5. The maximum atomic E-state index is 13.3. The summed E-state index contributed by atoms with van der Waals surface area (Å²) < 4.78 is 11.9. The number of likely N-dealkylation sites (tertiary alicyclic amines) is 1. The highest BCUT2D eigenvalue weighted by Gasteiger charge is 2.44. The van der Waals surface area contributed by atoms with Crippen LogP contribution in [0.15, 0.2) is 24.3 Å². The summed E-state index contributed by atoms with van der Waals surface area (Å²) in [4.78, 5) is 41.4. The van der Waals surface area contributed by atoms with Crippen molar-refractivity contribution in [3.8, 4) is 5.75 Å². The van der Waals surface area contributed by atoms with E-state index in [-0.39, 0.29) is 17.7 Å². The number of nitrogens with zero attached hydrogens (tertiary/aromatic N) is 2. The molecule has 1 N–H and O–H groups in total. The molecule has 3 amide bonds. The van der Waals surface area contributed by atoms with Crippen molar-refractivity contribution in [2.24, 2.45) is 0 Å². The fraction of sp³-hybridized carbons (Fsp3) is 0.609. The topological polar surface area (TPSA) is 88.2 Å². The first kappa shape index (κ1) is 21.6. The number of carbonyl (C=O) groups excluding carboxylic acids is 3. The van der Waals surface area contributed by atoms with Gasteiger partial charge in [-0.2, -0.15) is 0 Å². The number of para-hydroxylation sites is 1. The molecular weight excluding hydrogens is 398 g/mol. The van der Waals surface area contributed by atoms with Crippen LogP contribution in [-0.2, 0) is 14.3 Å². The highest BCUT2D eigenvalue weighted by Crippen LogP contribution is 2.35. The number of nitrogens with one attached hydrogen (secondary N) is 1. The summed E-state index contributed by atoms with van der Waals surface area (Å²) in [7, 11) is 0. The zero-order chi connectivity index (χ0) is 21.8. The highest BCUT2D eigenvalue weighted by molar-refractivity contribution is 6.00. The van der Waals surface area contributed by atoms with Gasteiger partial charge in [-0.15, -0.1) is 0 Å². The molecular formula is C23H31N3O5. The van der Waals surface area contributed by atoms with Gasteiger partial charge in [0.25, 0.3) is 5.91 Å². The zero-order valence-corrected chi connectivity index (χ0v) is 18.1. The van der Waals surface area contributed by atoms with Crippen molar-refractivity contribution in [2.75, 3.05) is 39.4 Å². The van der Waals surface area contributed by atoms with Crippen molar-refractivity contribution in [1.82, 2.24) is 15.1 Å². The summed E-state index contributed by atoms with van der Waals surface area (Å²) in [5, 5.41) is 2.94. The lowest BCUT2D eigenvalue weighted by molar-refractivity contribution is -0.127. The molecule has 8 nitrogen and oxygen atoms in total. The summed E-state index contributed by atoms with van der Waals surface area (Å²) in [6.07, 6.45) is 3.57. The second kappa shape index (κ2) is 9.26. The van der Waals surface area contributed by atoms with Crippen molar-refractivity contribution in [3.05, 3.63) is 29.8 Å². The lowest BCUT2D eigenvalue weighted by Gasteiger charge is -2.40. The van der Waals surface area contributed by atoms with Crippen molar-refractivity contribution < 1.29 is 23.9 Å². The van der Waals surface area contributed by atoms with Crippen LogP contribution in [0.5, 0.6) is 5.75 Å².